The molecule has 12 rings (SSSR count). The summed E-state index contributed by atoms with van der Waals surface area (Å²) in [7, 11) is 0. The monoisotopic (exact) mass is 769 g/mol. The fraction of sp³-hybridized carbons (Fsp3) is 0. The van der Waals surface area contributed by atoms with Crippen molar-refractivity contribution in [2.75, 3.05) is 4.90 Å². The molecule has 10 aromatic carbocycles. The van der Waals surface area contributed by atoms with E-state index in [1.807, 2.05) is 11.3 Å². The molecule has 0 aliphatic rings. The number of furan rings is 1. The van der Waals surface area contributed by atoms with Crippen molar-refractivity contribution in [3.8, 4) is 33.4 Å². The zero-order valence-electron chi connectivity index (χ0n) is 32.0. The Morgan fingerprint density at radius 3 is 1.81 bits per heavy atom. The Labute approximate surface area is 345 Å². The lowest BCUT2D eigenvalue weighted by atomic mass is 9.97. The number of hydrogen-bond acceptors (Lipinski definition) is 3. The van der Waals surface area contributed by atoms with Gasteiger partial charge in [0.25, 0.3) is 0 Å². The van der Waals surface area contributed by atoms with Gasteiger partial charge in [-0.05, 0) is 116 Å². The van der Waals surface area contributed by atoms with Gasteiger partial charge in [0.2, 0.25) is 0 Å². The summed E-state index contributed by atoms with van der Waals surface area (Å²) in [4.78, 5) is 2.43. The molecular formula is C56H35NOS. The van der Waals surface area contributed by atoms with Crippen LogP contribution in [0.1, 0.15) is 0 Å². The van der Waals surface area contributed by atoms with Crippen LogP contribution in [0, 0.1) is 0 Å². The van der Waals surface area contributed by atoms with E-state index >= 15 is 0 Å². The first-order chi connectivity index (χ1) is 29.2. The van der Waals surface area contributed by atoms with Crippen molar-refractivity contribution in [3.63, 3.8) is 0 Å². The summed E-state index contributed by atoms with van der Waals surface area (Å²) in [5.74, 6) is 0. The third-order valence-electron chi connectivity index (χ3n) is 11.9. The van der Waals surface area contributed by atoms with Gasteiger partial charge in [-0.25, -0.2) is 0 Å². The Kier molecular flexibility index (Phi) is 7.75. The minimum atomic E-state index is 0.874. The SMILES string of the molecule is c1ccc(-c2ccc3c(c2)oc2ccc(N(c4ccc(-c5ccc6c(ccc7ccccc76)c5)cc4)c4ccc(-c5ccccc5)c5sc6ccccc6c45)cc23)cc1. The Morgan fingerprint density at radius 2 is 0.983 bits per heavy atom. The Bertz CT molecular complexity index is 3550. The van der Waals surface area contributed by atoms with Crippen LogP contribution in [0.15, 0.2) is 217 Å². The highest BCUT2D eigenvalue weighted by Crippen LogP contribution is 2.49. The second-order valence-electron chi connectivity index (χ2n) is 15.3. The molecule has 0 N–H and O–H groups in total. The van der Waals surface area contributed by atoms with E-state index in [1.54, 1.807) is 0 Å². The number of nitrogens with zero attached hydrogens (tertiary/aromatic N) is 1. The van der Waals surface area contributed by atoms with Gasteiger partial charge in [0.15, 0.2) is 0 Å². The van der Waals surface area contributed by atoms with Crippen molar-refractivity contribution >= 4 is 92.1 Å². The maximum absolute atomic E-state index is 6.54. The first-order valence-corrected chi connectivity index (χ1v) is 20.9. The van der Waals surface area contributed by atoms with Gasteiger partial charge in [0.1, 0.15) is 11.2 Å². The fourth-order valence-electron chi connectivity index (χ4n) is 8.98. The number of hydrogen-bond donors (Lipinski definition) is 0. The lowest BCUT2D eigenvalue weighted by Crippen LogP contribution is -2.10. The van der Waals surface area contributed by atoms with Crippen LogP contribution >= 0.6 is 11.3 Å². The van der Waals surface area contributed by atoms with Crippen molar-refractivity contribution in [1.82, 2.24) is 0 Å². The summed E-state index contributed by atoms with van der Waals surface area (Å²) < 4.78 is 9.10. The highest BCUT2D eigenvalue weighted by molar-refractivity contribution is 7.26. The van der Waals surface area contributed by atoms with Gasteiger partial charge in [-0.3, -0.25) is 0 Å². The highest BCUT2D eigenvalue weighted by Gasteiger charge is 2.22. The van der Waals surface area contributed by atoms with Crippen LogP contribution in [0.25, 0.3) is 97.0 Å². The van der Waals surface area contributed by atoms with Gasteiger partial charge in [-0.15, -0.1) is 11.3 Å². The van der Waals surface area contributed by atoms with Crippen molar-refractivity contribution in [3.05, 3.63) is 212 Å². The highest BCUT2D eigenvalue weighted by atomic mass is 32.1. The third kappa shape index (κ3) is 5.62. The van der Waals surface area contributed by atoms with Crippen molar-refractivity contribution < 1.29 is 4.42 Å². The molecule has 0 spiro atoms. The molecule has 0 aliphatic carbocycles. The summed E-state index contributed by atoms with van der Waals surface area (Å²) in [5, 5.41) is 9.78. The summed E-state index contributed by atoms with van der Waals surface area (Å²) in [5.41, 5.74) is 12.2. The van der Waals surface area contributed by atoms with Crippen LogP contribution in [-0.4, -0.2) is 0 Å². The van der Waals surface area contributed by atoms with Gasteiger partial charge in [0.05, 0.1) is 5.69 Å². The van der Waals surface area contributed by atoms with Crippen molar-refractivity contribution in [2.45, 2.75) is 0 Å². The maximum Gasteiger partial charge on any atom is 0.136 e. The Balaban J connectivity index is 1.04. The van der Waals surface area contributed by atoms with Gasteiger partial charge in [0, 0.05) is 42.3 Å². The number of fused-ring (bicyclic) bond motifs is 9. The first kappa shape index (κ1) is 33.7. The standard InChI is InChI=1S/C56H35NOS/c1-3-11-36(12-4-1)41-24-29-48-50-35-44(27-32-52(50)58-53(48)34-41)57(51-31-30-47(38-13-5-2-6-14-38)56-55(51)49-17-9-10-18-54(49)59-56)43-25-21-37(22-26-43)40-23-28-46-42(33-40)20-19-39-15-7-8-16-45(39)46/h1-35H. The van der Waals surface area contributed by atoms with E-state index in [2.05, 4.69) is 217 Å². The van der Waals surface area contributed by atoms with E-state index < -0.39 is 0 Å². The average Bonchev–Trinajstić information content (AvgIpc) is 3.88. The van der Waals surface area contributed by atoms with Crippen LogP contribution in [0.3, 0.4) is 0 Å². The molecule has 0 radical (unpaired) electrons. The quantitative estimate of drug-likeness (QED) is 0.157. The minimum Gasteiger partial charge on any atom is -0.456 e. The third-order valence-corrected chi connectivity index (χ3v) is 13.1. The second-order valence-corrected chi connectivity index (χ2v) is 16.3. The van der Waals surface area contributed by atoms with E-state index in [4.69, 9.17) is 4.42 Å². The molecule has 0 fully saturated rings. The number of benzene rings is 10. The lowest BCUT2D eigenvalue weighted by molar-refractivity contribution is 0.669. The van der Waals surface area contributed by atoms with E-state index in [1.165, 1.54) is 69.5 Å². The van der Waals surface area contributed by atoms with Crippen LogP contribution in [0.2, 0.25) is 0 Å². The summed E-state index contributed by atoms with van der Waals surface area (Å²) in [6, 6.07) is 76.9. The summed E-state index contributed by atoms with van der Waals surface area (Å²) >= 11 is 1.87. The van der Waals surface area contributed by atoms with Gasteiger partial charge < -0.3 is 9.32 Å². The molecule has 2 heterocycles. The zero-order chi connectivity index (χ0) is 38.9. The molecule has 2 nitrogen and oxygen atoms in total. The van der Waals surface area contributed by atoms with E-state index in [9.17, 15) is 0 Å². The number of anilines is 3. The first-order valence-electron chi connectivity index (χ1n) is 20.1. The molecule has 0 atom stereocenters. The average molecular weight is 770 g/mol. The van der Waals surface area contributed by atoms with Gasteiger partial charge >= 0.3 is 0 Å². The Morgan fingerprint density at radius 1 is 0.356 bits per heavy atom. The number of rotatable bonds is 6. The maximum atomic E-state index is 6.54. The fourth-order valence-corrected chi connectivity index (χ4v) is 10.2. The minimum absolute atomic E-state index is 0.874. The van der Waals surface area contributed by atoms with Crippen LogP contribution < -0.4 is 4.90 Å². The molecule has 12 aromatic rings. The molecule has 2 aromatic heterocycles. The molecule has 0 saturated heterocycles. The van der Waals surface area contributed by atoms with Crippen LogP contribution in [0.5, 0.6) is 0 Å². The summed E-state index contributed by atoms with van der Waals surface area (Å²) in [6.07, 6.45) is 0. The zero-order valence-corrected chi connectivity index (χ0v) is 32.8. The number of thiophene rings is 1. The predicted octanol–water partition coefficient (Wildman–Crippen LogP) is 16.7. The normalized spacial score (nSPS) is 11.7. The predicted molar refractivity (Wildman–Crippen MR) is 253 cm³/mol. The van der Waals surface area contributed by atoms with Gasteiger partial charge in [-0.2, -0.15) is 0 Å². The molecule has 0 bridgehead atoms. The van der Waals surface area contributed by atoms with E-state index in [-0.39, 0.29) is 0 Å². The lowest BCUT2D eigenvalue weighted by Gasteiger charge is -2.27. The molecule has 0 saturated carbocycles. The Hall–Kier alpha value is -7.46. The second kappa shape index (κ2) is 13.6. The van der Waals surface area contributed by atoms with Crippen LogP contribution in [-0.2, 0) is 0 Å². The van der Waals surface area contributed by atoms with Crippen molar-refractivity contribution in [1.29, 1.82) is 0 Å². The molecule has 3 heteroatoms. The molecule has 59 heavy (non-hydrogen) atoms. The van der Waals surface area contributed by atoms with Gasteiger partial charge in [-0.1, -0.05) is 152 Å². The van der Waals surface area contributed by atoms with E-state index in [0.29, 0.717) is 0 Å². The molecule has 0 unspecified atom stereocenters. The topological polar surface area (TPSA) is 16.4 Å². The largest absolute Gasteiger partial charge is 0.456 e. The summed E-state index contributed by atoms with van der Waals surface area (Å²) in [6.45, 7) is 0. The molecular weight excluding hydrogens is 735 g/mol. The molecule has 0 amide bonds. The van der Waals surface area contributed by atoms with Crippen LogP contribution in [0.4, 0.5) is 17.1 Å². The smallest absolute Gasteiger partial charge is 0.136 e. The van der Waals surface area contributed by atoms with E-state index in [0.717, 1.165) is 44.6 Å². The molecule has 276 valence electrons. The molecule has 0 aliphatic heterocycles. The van der Waals surface area contributed by atoms with Crippen molar-refractivity contribution in [2.24, 2.45) is 0 Å².